The van der Waals surface area contributed by atoms with Crippen LogP contribution in [-0.4, -0.2) is 33.1 Å². The van der Waals surface area contributed by atoms with Crippen molar-refractivity contribution in [2.24, 2.45) is 34.5 Å². The molecule has 0 aromatic rings. The Morgan fingerprint density at radius 2 is 1.83 bits per heavy atom. The third kappa shape index (κ3) is 3.63. The second-order valence-electron chi connectivity index (χ2n) is 12.3. The highest BCUT2D eigenvalue weighted by atomic mass is 16.3. The lowest BCUT2D eigenvalue weighted by atomic mass is 9.49. The zero-order valence-electron chi connectivity index (χ0n) is 19.8. The van der Waals surface area contributed by atoms with Gasteiger partial charge in [0.15, 0.2) is 0 Å². The lowest BCUT2D eigenvalue weighted by Crippen LogP contribution is -2.52. The molecule has 0 aromatic heterocycles. The number of aliphatic hydroxyl groups excluding tert-OH is 2. The maximum Gasteiger partial charge on any atom is 0.0661 e. The molecule has 0 spiro atoms. The van der Waals surface area contributed by atoms with Crippen LogP contribution in [0.15, 0.2) is 23.3 Å². The zero-order chi connectivity index (χ0) is 21.9. The van der Waals surface area contributed by atoms with Gasteiger partial charge >= 0.3 is 0 Å². The molecule has 0 aromatic carbocycles. The minimum Gasteiger partial charge on any atom is -0.393 e. The van der Waals surface area contributed by atoms with Crippen molar-refractivity contribution < 1.29 is 15.3 Å². The first kappa shape index (κ1) is 22.6. The summed E-state index contributed by atoms with van der Waals surface area (Å²) in [6.07, 6.45) is 13.2. The van der Waals surface area contributed by atoms with Crippen molar-refractivity contribution >= 4 is 0 Å². The molecule has 170 valence electrons. The molecule has 3 N–H and O–H groups in total. The Balaban J connectivity index is 1.53. The van der Waals surface area contributed by atoms with Gasteiger partial charge in [0, 0.05) is 11.8 Å². The van der Waals surface area contributed by atoms with Crippen LogP contribution in [0, 0.1) is 34.5 Å². The van der Waals surface area contributed by atoms with Crippen molar-refractivity contribution in [1.29, 1.82) is 0 Å². The van der Waals surface area contributed by atoms with Gasteiger partial charge in [-0.2, -0.15) is 0 Å². The van der Waals surface area contributed by atoms with E-state index in [4.69, 9.17) is 0 Å². The Bertz CT molecular complexity index is 716. The van der Waals surface area contributed by atoms with E-state index in [0.717, 1.165) is 31.6 Å². The Labute approximate surface area is 183 Å². The van der Waals surface area contributed by atoms with E-state index in [-0.39, 0.29) is 5.41 Å². The molecule has 5 unspecified atom stereocenters. The molecule has 4 aliphatic carbocycles. The predicted molar refractivity (Wildman–Crippen MR) is 122 cm³/mol. The molecule has 0 bridgehead atoms. The summed E-state index contributed by atoms with van der Waals surface area (Å²) >= 11 is 0. The van der Waals surface area contributed by atoms with Gasteiger partial charge < -0.3 is 15.3 Å². The monoisotopic (exact) mass is 416 g/mol. The van der Waals surface area contributed by atoms with Gasteiger partial charge in [0.05, 0.1) is 17.8 Å². The van der Waals surface area contributed by atoms with Crippen molar-refractivity contribution in [3.8, 4) is 0 Å². The molecule has 0 radical (unpaired) electrons. The SMILES string of the molecule is CC(CCCC(C)(C)O)[C@H]1CCC2C3=CC=C4C[C@@H](O)CC(O)C4(C)C3CC[C@@]21C. The van der Waals surface area contributed by atoms with E-state index < -0.39 is 17.8 Å². The highest BCUT2D eigenvalue weighted by Gasteiger charge is 2.58. The quantitative estimate of drug-likeness (QED) is 0.563. The third-order valence-corrected chi connectivity index (χ3v) is 9.86. The molecule has 3 saturated carbocycles. The van der Waals surface area contributed by atoms with E-state index in [1.165, 1.54) is 31.3 Å². The first-order valence-corrected chi connectivity index (χ1v) is 12.5. The minimum atomic E-state index is -0.555. The van der Waals surface area contributed by atoms with Crippen LogP contribution in [0.2, 0.25) is 0 Å². The van der Waals surface area contributed by atoms with E-state index in [2.05, 4.69) is 32.9 Å². The fourth-order valence-corrected chi connectivity index (χ4v) is 8.08. The smallest absolute Gasteiger partial charge is 0.0661 e. The molecule has 4 rings (SSSR count). The second-order valence-corrected chi connectivity index (χ2v) is 12.3. The fraction of sp³-hybridized carbons (Fsp3) is 0.852. The van der Waals surface area contributed by atoms with Crippen molar-refractivity contribution in [3.05, 3.63) is 23.3 Å². The molecule has 3 heteroatoms. The van der Waals surface area contributed by atoms with Crippen LogP contribution in [0.1, 0.15) is 92.4 Å². The largest absolute Gasteiger partial charge is 0.393 e. The van der Waals surface area contributed by atoms with Crippen LogP contribution in [0.3, 0.4) is 0 Å². The maximum absolute atomic E-state index is 11.0. The summed E-state index contributed by atoms with van der Waals surface area (Å²) in [5, 5.41) is 31.3. The van der Waals surface area contributed by atoms with Crippen molar-refractivity contribution in [2.75, 3.05) is 0 Å². The fourth-order valence-electron chi connectivity index (χ4n) is 8.08. The minimum absolute atomic E-state index is 0.193. The number of rotatable bonds is 5. The van der Waals surface area contributed by atoms with Crippen LogP contribution in [0.25, 0.3) is 0 Å². The Morgan fingerprint density at radius 1 is 1.10 bits per heavy atom. The second kappa shape index (κ2) is 7.74. The van der Waals surface area contributed by atoms with Gasteiger partial charge in [-0.05, 0) is 81.5 Å². The number of hydrogen-bond donors (Lipinski definition) is 3. The van der Waals surface area contributed by atoms with Crippen LogP contribution < -0.4 is 0 Å². The predicted octanol–water partition coefficient (Wildman–Crippen LogP) is 5.39. The summed E-state index contributed by atoms with van der Waals surface area (Å²) in [6.45, 7) is 11.1. The standard InChI is InChI=1S/C27H44O3/c1-17(7-6-13-25(2,3)30)21-10-11-22-20-9-8-18-15-19(28)16-24(29)27(18,5)23(20)12-14-26(21,22)4/h8-9,17,19,21-24,28-30H,6-7,10-16H2,1-5H3/t17?,19-,21-,22?,23?,24?,26-,27?/m1/s1. The van der Waals surface area contributed by atoms with Crippen molar-refractivity contribution in [1.82, 2.24) is 0 Å². The molecule has 0 amide bonds. The molecular weight excluding hydrogens is 372 g/mol. The van der Waals surface area contributed by atoms with E-state index in [9.17, 15) is 15.3 Å². The van der Waals surface area contributed by atoms with Gasteiger partial charge in [0.2, 0.25) is 0 Å². The number of aliphatic hydroxyl groups is 3. The topological polar surface area (TPSA) is 60.7 Å². The van der Waals surface area contributed by atoms with Crippen LogP contribution in [-0.2, 0) is 0 Å². The summed E-state index contributed by atoms with van der Waals surface area (Å²) < 4.78 is 0. The molecule has 8 atom stereocenters. The van der Waals surface area contributed by atoms with E-state index in [1.54, 1.807) is 5.57 Å². The van der Waals surface area contributed by atoms with Crippen LogP contribution >= 0.6 is 0 Å². The molecule has 3 nitrogen and oxygen atoms in total. The number of allylic oxidation sites excluding steroid dienone is 3. The Hall–Kier alpha value is -0.640. The molecule has 0 heterocycles. The Kier molecular flexibility index (Phi) is 5.82. The maximum atomic E-state index is 11.0. The highest BCUT2D eigenvalue weighted by molar-refractivity contribution is 5.40. The summed E-state index contributed by atoms with van der Waals surface area (Å²) in [5.74, 6) is 2.51. The van der Waals surface area contributed by atoms with Gasteiger partial charge in [-0.15, -0.1) is 0 Å². The average molecular weight is 417 g/mol. The summed E-state index contributed by atoms with van der Waals surface area (Å²) in [5.41, 5.74) is 2.47. The molecule has 3 fully saturated rings. The lowest BCUT2D eigenvalue weighted by molar-refractivity contribution is -0.0545. The van der Waals surface area contributed by atoms with Gasteiger partial charge in [0.1, 0.15) is 0 Å². The highest BCUT2D eigenvalue weighted by Crippen LogP contribution is 2.66. The lowest BCUT2D eigenvalue weighted by Gasteiger charge is -2.56. The van der Waals surface area contributed by atoms with Gasteiger partial charge in [-0.3, -0.25) is 0 Å². The number of fused-ring (bicyclic) bond motifs is 5. The normalized spacial score (nSPS) is 44.5. The molecule has 4 aliphatic rings. The van der Waals surface area contributed by atoms with Crippen molar-refractivity contribution in [2.45, 2.75) is 110 Å². The Morgan fingerprint density at radius 3 is 2.53 bits per heavy atom. The van der Waals surface area contributed by atoms with Gasteiger partial charge in [0.25, 0.3) is 0 Å². The van der Waals surface area contributed by atoms with E-state index in [0.29, 0.717) is 29.6 Å². The van der Waals surface area contributed by atoms with Crippen LogP contribution in [0.4, 0.5) is 0 Å². The summed E-state index contributed by atoms with van der Waals surface area (Å²) in [6, 6.07) is 0. The molecule has 0 saturated heterocycles. The van der Waals surface area contributed by atoms with Crippen molar-refractivity contribution in [3.63, 3.8) is 0 Å². The van der Waals surface area contributed by atoms with Gasteiger partial charge in [-0.25, -0.2) is 0 Å². The molecule has 30 heavy (non-hydrogen) atoms. The van der Waals surface area contributed by atoms with Crippen LogP contribution in [0.5, 0.6) is 0 Å². The zero-order valence-corrected chi connectivity index (χ0v) is 19.8. The first-order chi connectivity index (χ1) is 14.0. The summed E-state index contributed by atoms with van der Waals surface area (Å²) in [7, 11) is 0. The molecular formula is C27H44O3. The third-order valence-electron chi connectivity index (χ3n) is 9.86. The van der Waals surface area contributed by atoms with Gasteiger partial charge in [-0.1, -0.05) is 56.9 Å². The first-order valence-electron chi connectivity index (χ1n) is 12.5. The van der Waals surface area contributed by atoms with E-state index >= 15 is 0 Å². The average Bonchev–Trinajstić information content (AvgIpc) is 2.99. The molecule has 0 aliphatic heterocycles. The van der Waals surface area contributed by atoms with E-state index in [1.807, 2.05) is 13.8 Å². The summed E-state index contributed by atoms with van der Waals surface area (Å²) in [4.78, 5) is 0. The number of hydrogen-bond acceptors (Lipinski definition) is 3.